The Morgan fingerprint density at radius 3 is 2.20 bits per heavy atom. The van der Waals surface area contributed by atoms with E-state index >= 15 is 0 Å². The highest BCUT2D eigenvalue weighted by atomic mass is 19.1. The number of nitrogen functional groups attached to an aromatic ring is 1. The van der Waals surface area contributed by atoms with Gasteiger partial charge in [0, 0.05) is 12.1 Å². The first kappa shape index (κ1) is 6.67. The minimum Gasteiger partial charge on any atom is -0.504 e. The first-order valence-corrected chi connectivity index (χ1v) is 2.58. The molecule has 0 radical (unpaired) electrons. The molecular formula is C6H6FNO2. The van der Waals surface area contributed by atoms with Crippen LogP contribution in [0.15, 0.2) is 12.1 Å². The summed E-state index contributed by atoms with van der Waals surface area (Å²) < 4.78 is 12.4. The molecule has 0 saturated heterocycles. The number of phenolic OH excluding ortho intramolecular Hbond substituents is 2. The number of benzene rings is 1. The number of hydrogen-bond donors (Lipinski definition) is 3. The van der Waals surface area contributed by atoms with Crippen molar-refractivity contribution in [1.82, 2.24) is 0 Å². The smallest absolute Gasteiger partial charge is 0.160 e. The Morgan fingerprint density at radius 1 is 1.20 bits per heavy atom. The topological polar surface area (TPSA) is 66.5 Å². The van der Waals surface area contributed by atoms with Gasteiger partial charge in [0.1, 0.15) is 5.82 Å². The van der Waals surface area contributed by atoms with Gasteiger partial charge in [-0.3, -0.25) is 0 Å². The normalized spacial score (nSPS) is 9.70. The first-order valence-electron chi connectivity index (χ1n) is 2.58. The highest BCUT2D eigenvalue weighted by molar-refractivity contribution is 5.51. The maximum absolute atomic E-state index is 12.4. The van der Waals surface area contributed by atoms with Crippen LogP contribution in [0.1, 0.15) is 0 Å². The van der Waals surface area contributed by atoms with Gasteiger partial charge in [0.25, 0.3) is 0 Å². The van der Waals surface area contributed by atoms with E-state index in [-0.39, 0.29) is 5.69 Å². The van der Waals surface area contributed by atoms with Gasteiger partial charge in [-0.15, -0.1) is 0 Å². The Bertz CT molecular complexity index is 212. The van der Waals surface area contributed by atoms with Crippen molar-refractivity contribution in [3.63, 3.8) is 0 Å². The summed E-state index contributed by atoms with van der Waals surface area (Å²) >= 11 is 0. The minimum atomic E-state index is -0.740. The van der Waals surface area contributed by atoms with Crippen molar-refractivity contribution >= 4 is 5.69 Å². The van der Waals surface area contributed by atoms with Crippen molar-refractivity contribution in [3.05, 3.63) is 17.9 Å². The number of anilines is 1. The van der Waals surface area contributed by atoms with Crippen LogP contribution in [0.3, 0.4) is 0 Å². The lowest BCUT2D eigenvalue weighted by Gasteiger charge is -1.98. The number of aromatic hydroxyl groups is 2. The zero-order chi connectivity index (χ0) is 7.72. The van der Waals surface area contributed by atoms with E-state index in [1.165, 1.54) is 0 Å². The molecule has 4 N–H and O–H groups in total. The molecule has 0 spiro atoms. The van der Waals surface area contributed by atoms with Crippen LogP contribution in [0.25, 0.3) is 0 Å². The number of halogens is 1. The van der Waals surface area contributed by atoms with Crippen molar-refractivity contribution in [3.8, 4) is 11.5 Å². The molecule has 0 amide bonds. The van der Waals surface area contributed by atoms with Gasteiger partial charge in [-0.25, -0.2) is 4.39 Å². The summed E-state index contributed by atoms with van der Waals surface area (Å²) in [5.74, 6) is -1.67. The lowest BCUT2D eigenvalue weighted by atomic mass is 10.3. The quantitative estimate of drug-likeness (QED) is 0.286. The number of nitrogens with two attached hydrogens (primary N) is 1. The molecule has 0 aliphatic rings. The largest absolute Gasteiger partial charge is 0.504 e. The van der Waals surface area contributed by atoms with Crippen LogP contribution in [0, 0.1) is 5.82 Å². The molecule has 10 heavy (non-hydrogen) atoms. The molecule has 4 heteroatoms. The third kappa shape index (κ3) is 0.953. The molecule has 1 rings (SSSR count). The van der Waals surface area contributed by atoms with Crippen molar-refractivity contribution in [2.45, 2.75) is 0 Å². The molecule has 0 heterocycles. The Kier molecular flexibility index (Phi) is 1.37. The predicted molar refractivity (Wildman–Crippen MR) is 34.1 cm³/mol. The summed E-state index contributed by atoms with van der Waals surface area (Å²) in [6.45, 7) is 0. The molecule has 0 atom stereocenters. The van der Waals surface area contributed by atoms with Crippen LogP contribution < -0.4 is 5.73 Å². The van der Waals surface area contributed by atoms with Crippen LogP contribution in [-0.2, 0) is 0 Å². The van der Waals surface area contributed by atoms with E-state index in [4.69, 9.17) is 15.9 Å². The molecular weight excluding hydrogens is 137 g/mol. The highest BCUT2D eigenvalue weighted by Crippen LogP contribution is 2.28. The molecule has 0 aromatic heterocycles. The number of phenols is 2. The summed E-state index contributed by atoms with van der Waals surface area (Å²) in [6.07, 6.45) is 0. The van der Waals surface area contributed by atoms with Crippen molar-refractivity contribution in [1.29, 1.82) is 0 Å². The lowest BCUT2D eigenvalue weighted by Crippen LogP contribution is -1.88. The van der Waals surface area contributed by atoms with Gasteiger partial charge in [0.2, 0.25) is 0 Å². The Labute approximate surface area is 56.5 Å². The summed E-state index contributed by atoms with van der Waals surface area (Å²) in [5.41, 5.74) is 4.86. The van der Waals surface area contributed by atoms with Crippen LogP contribution in [0.2, 0.25) is 0 Å². The lowest BCUT2D eigenvalue weighted by molar-refractivity contribution is 0.400. The molecule has 0 fully saturated rings. The molecule has 54 valence electrons. The Morgan fingerprint density at radius 2 is 1.70 bits per heavy atom. The number of hydrogen-bond acceptors (Lipinski definition) is 3. The molecule has 0 bridgehead atoms. The van der Waals surface area contributed by atoms with E-state index in [1.54, 1.807) is 0 Å². The molecule has 1 aromatic rings. The second-order valence-electron chi connectivity index (χ2n) is 1.86. The predicted octanol–water partition coefficient (Wildman–Crippen LogP) is 0.819. The van der Waals surface area contributed by atoms with Crippen LogP contribution in [-0.4, -0.2) is 10.2 Å². The fourth-order valence-corrected chi connectivity index (χ4v) is 0.567. The summed E-state index contributed by atoms with van der Waals surface area (Å²) in [7, 11) is 0. The van der Waals surface area contributed by atoms with Crippen molar-refractivity contribution in [2.24, 2.45) is 0 Å². The van der Waals surface area contributed by atoms with E-state index in [0.29, 0.717) is 0 Å². The summed E-state index contributed by atoms with van der Waals surface area (Å²) in [4.78, 5) is 0. The molecule has 1 aromatic carbocycles. The molecule has 0 unspecified atom stereocenters. The average Bonchev–Trinajstić information content (AvgIpc) is 1.84. The summed E-state index contributed by atoms with van der Waals surface area (Å²) in [5, 5.41) is 17.4. The van der Waals surface area contributed by atoms with Crippen LogP contribution in [0.4, 0.5) is 10.1 Å². The van der Waals surface area contributed by atoms with Gasteiger partial charge >= 0.3 is 0 Å². The van der Waals surface area contributed by atoms with Gasteiger partial charge in [0.15, 0.2) is 11.5 Å². The molecule has 0 aliphatic carbocycles. The maximum Gasteiger partial charge on any atom is 0.160 e. The fraction of sp³-hybridized carbons (Fsp3) is 0. The maximum atomic E-state index is 12.4. The third-order valence-electron chi connectivity index (χ3n) is 1.09. The molecule has 0 aliphatic heterocycles. The fourth-order valence-electron chi connectivity index (χ4n) is 0.567. The number of rotatable bonds is 0. The van der Waals surface area contributed by atoms with Crippen LogP contribution >= 0.6 is 0 Å². The van der Waals surface area contributed by atoms with E-state index in [2.05, 4.69) is 0 Å². The van der Waals surface area contributed by atoms with Crippen molar-refractivity contribution < 1.29 is 14.6 Å². The highest BCUT2D eigenvalue weighted by Gasteiger charge is 2.03. The zero-order valence-corrected chi connectivity index (χ0v) is 5.00. The third-order valence-corrected chi connectivity index (χ3v) is 1.09. The Balaban J connectivity index is 3.28. The van der Waals surface area contributed by atoms with Gasteiger partial charge in [-0.05, 0) is 0 Å². The zero-order valence-electron chi connectivity index (χ0n) is 5.00. The molecule has 0 saturated carbocycles. The standard InChI is InChI=1S/C6H6FNO2/c7-3-1-5(9)6(10)2-4(3)8/h1-2,9-10H,8H2. The van der Waals surface area contributed by atoms with Crippen molar-refractivity contribution in [2.75, 3.05) is 5.73 Å². The second kappa shape index (κ2) is 2.06. The van der Waals surface area contributed by atoms with E-state index in [9.17, 15) is 4.39 Å². The van der Waals surface area contributed by atoms with Gasteiger partial charge < -0.3 is 15.9 Å². The minimum absolute atomic E-state index is 0.185. The van der Waals surface area contributed by atoms with Gasteiger partial charge in [0.05, 0.1) is 5.69 Å². The average molecular weight is 143 g/mol. The monoisotopic (exact) mass is 143 g/mol. The molecule has 3 nitrogen and oxygen atoms in total. The SMILES string of the molecule is Nc1cc(O)c(O)cc1F. The van der Waals surface area contributed by atoms with E-state index < -0.39 is 17.3 Å². The van der Waals surface area contributed by atoms with E-state index in [1.807, 2.05) is 0 Å². The summed E-state index contributed by atoms with van der Waals surface area (Å²) in [6, 6.07) is 1.70. The van der Waals surface area contributed by atoms with Crippen LogP contribution in [0.5, 0.6) is 11.5 Å². The van der Waals surface area contributed by atoms with Gasteiger partial charge in [-0.2, -0.15) is 0 Å². The Hall–Kier alpha value is -1.45. The van der Waals surface area contributed by atoms with E-state index in [0.717, 1.165) is 12.1 Å². The van der Waals surface area contributed by atoms with Gasteiger partial charge in [-0.1, -0.05) is 0 Å². The second-order valence-corrected chi connectivity index (χ2v) is 1.86. The first-order chi connectivity index (χ1) is 4.61.